The molecule has 0 saturated heterocycles. The highest BCUT2D eigenvalue weighted by Crippen LogP contribution is 2.28. The Bertz CT molecular complexity index is 1400. The number of aromatic nitrogens is 4. The molecule has 5 nitrogen and oxygen atoms in total. The molecule has 0 atom stereocenters. The van der Waals surface area contributed by atoms with Gasteiger partial charge in [0.1, 0.15) is 5.69 Å². The number of carbonyl (C=O) groups excluding carboxylic acids is 1. The Morgan fingerprint density at radius 3 is 2.44 bits per heavy atom. The lowest BCUT2D eigenvalue weighted by Gasteiger charge is -2.10. The number of carbonyl (C=O) groups is 1. The van der Waals surface area contributed by atoms with Crippen LogP contribution in [0.5, 0.6) is 0 Å². The molecule has 0 amide bonds. The number of hydrogen-bond donors (Lipinski definition) is 0. The van der Waals surface area contributed by atoms with Crippen molar-refractivity contribution < 1.29 is 4.79 Å². The maximum Gasteiger partial charge on any atom is 0.196 e. The fourth-order valence-corrected chi connectivity index (χ4v) is 4.40. The largest absolute Gasteiger partial charge is 0.293 e. The van der Waals surface area contributed by atoms with Crippen molar-refractivity contribution in [1.29, 1.82) is 0 Å². The number of fused-ring (bicyclic) bond motifs is 1. The van der Waals surface area contributed by atoms with E-state index in [-0.39, 0.29) is 11.5 Å². The van der Waals surface area contributed by atoms with Crippen LogP contribution in [-0.2, 0) is 0 Å². The van der Waals surface area contributed by atoms with E-state index in [2.05, 4.69) is 15.2 Å². The molecule has 156 valence electrons. The summed E-state index contributed by atoms with van der Waals surface area (Å²) >= 11 is 7.43. The third kappa shape index (κ3) is 4.15. The van der Waals surface area contributed by atoms with Crippen molar-refractivity contribution in [2.24, 2.45) is 0 Å². The van der Waals surface area contributed by atoms with Crippen LogP contribution in [0.1, 0.15) is 10.4 Å². The van der Waals surface area contributed by atoms with Crippen molar-refractivity contribution in [3.63, 3.8) is 0 Å². The summed E-state index contributed by atoms with van der Waals surface area (Å²) in [5.41, 5.74) is 2.22. The number of nitrogens with zero attached hydrogens (tertiary/aromatic N) is 4. The van der Waals surface area contributed by atoms with Crippen molar-refractivity contribution in [2.45, 2.75) is 5.16 Å². The molecule has 32 heavy (non-hydrogen) atoms. The van der Waals surface area contributed by atoms with Crippen LogP contribution in [0.3, 0.4) is 0 Å². The lowest BCUT2D eigenvalue weighted by Crippen LogP contribution is -2.05. The lowest BCUT2D eigenvalue weighted by molar-refractivity contribution is 0.102. The lowest BCUT2D eigenvalue weighted by atomic mass is 10.1. The molecule has 0 saturated carbocycles. The molecule has 2 heterocycles. The van der Waals surface area contributed by atoms with Gasteiger partial charge in [-0.2, -0.15) is 0 Å². The zero-order chi connectivity index (χ0) is 21.9. The van der Waals surface area contributed by atoms with Gasteiger partial charge in [-0.3, -0.25) is 14.3 Å². The molecule has 0 fully saturated rings. The summed E-state index contributed by atoms with van der Waals surface area (Å²) in [7, 11) is 0. The van der Waals surface area contributed by atoms with E-state index in [9.17, 15) is 4.79 Å². The van der Waals surface area contributed by atoms with Crippen LogP contribution in [0.15, 0.2) is 96.3 Å². The molecular formula is C25H17ClN4OS. The molecule has 7 heteroatoms. The van der Waals surface area contributed by atoms with Gasteiger partial charge in [-0.05, 0) is 53.2 Å². The number of thioether (sulfide) groups is 1. The second kappa shape index (κ2) is 8.94. The van der Waals surface area contributed by atoms with Crippen LogP contribution in [0.2, 0.25) is 5.02 Å². The Morgan fingerprint density at radius 2 is 1.66 bits per heavy atom. The first kappa shape index (κ1) is 20.4. The molecule has 0 aliphatic rings. The van der Waals surface area contributed by atoms with E-state index in [0.29, 0.717) is 27.3 Å². The standard InChI is InChI=1S/C25H17ClN4OS/c26-20-10-12-21(13-11-20)30-24(22-7-3-4-14-27-22)28-29-25(30)32-16-23(31)19-9-8-17-5-1-2-6-18(17)15-19/h1-15H,16H2. The summed E-state index contributed by atoms with van der Waals surface area (Å²) in [6.45, 7) is 0. The highest BCUT2D eigenvalue weighted by atomic mass is 35.5. The Kier molecular flexibility index (Phi) is 5.71. The van der Waals surface area contributed by atoms with Gasteiger partial charge in [-0.1, -0.05) is 65.8 Å². The molecular weight excluding hydrogens is 440 g/mol. The van der Waals surface area contributed by atoms with Crippen molar-refractivity contribution in [1.82, 2.24) is 19.7 Å². The van der Waals surface area contributed by atoms with Crippen LogP contribution in [-0.4, -0.2) is 31.3 Å². The molecule has 0 aliphatic heterocycles. The van der Waals surface area contributed by atoms with Crippen molar-refractivity contribution in [3.05, 3.63) is 102 Å². The van der Waals surface area contributed by atoms with Gasteiger partial charge in [0, 0.05) is 22.5 Å². The van der Waals surface area contributed by atoms with E-state index in [1.54, 1.807) is 6.20 Å². The Morgan fingerprint density at radius 1 is 0.875 bits per heavy atom. The summed E-state index contributed by atoms with van der Waals surface area (Å²) in [4.78, 5) is 17.3. The maximum atomic E-state index is 12.9. The van der Waals surface area contributed by atoms with Gasteiger partial charge >= 0.3 is 0 Å². The minimum atomic E-state index is 0.0331. The SMILES string of the molecule is O=C(CSc1nnc(-c2ccccn2)n1-c1ccc(Cl)cc1)c1ccc2ccccc2c1. The van der Waals surface area contributed by atoms with Crippen molar-refractivity contribution in [2.75, 3.05) is 5.75 Å². The number of rotatable bonds is 6. The summed E-state index contributed by atoms with van der Waals surface area (Å²) in [6.07, 6.45) is 1.71. The summed E-state index contributed by atoms with van der Waals surface area (Å²) < 4.78 is 1.90. The first-order valence-corrected chi connectivity index (χ1v) is 11.3. The van der Waals surface area contributed by atoms with Crippen LogP contribution >= 0.6 is 23.4 Å². The average Bonchev–Trinajstić information content (AvgIpc) is 3.27. The molecule has 2 aromatic heterocycles. The van der Waals surface area contributed by atoms with Gasteiger partial charge in [0.05, 0.1) is 5.75 Å². The fourth-order valence-electron chi connectivity index (χ4n) is 3.42. The quantitative estimate of drug-likeness (QED) is 0.228. The van der Waals surface area contributed by atoms with Gasteiger partial charge in [0.15, 0.2) is 16.8 Å². The molecule has 0 spiro atoms. The number of Topliss-reactive ketones (excluding diaryl/α,β-unsaturated/α-hetero) is 1. The molecule has 0 unspecified atom stereocenters. The van der Waals surface area contributed by atoms with E-state index in [4.69, 9.17) is 11.6 Å². The van der Waals surface area contributed by atoms with Gasteiger partial charge in [0.25, 0.3) is 0 Å². The van der Waals surface area contributed by atoms with Crippen LogP contribution in [0.25, 0.3) is 28.0 Å². The molecule has 5 rings (SSSR count). The number of pyridine rings is 1. The minimum Gasteiger partial charge on any atom is -0.293 e. The van der Waals surface area contributed by atoms with E-state index < -0.39 is 0 Å². The second-order valence-electron chi connectivity index (χ2n) is 7.11. The molecule has 0 aliphatic carbocycles. The topological polar surface area (TPSA) is 60.7 Å². The predicted octanol–water partition coefficient (Wildman–Crippen LogP) is 6.11. The molecule has 0 bridgehead atoms. The molecule has 0 radical (unpaired) electrons. The van der Waals surface area contributed by atoms with Gasteiger partial charge < -0.3 is 0 Å². The Hall–Kier alpha value is -3.48. The third-order valence-corrected chi connectivity index (χ3v) is 6.20. The smallest absolute Gasteiger partial charge is 0.196 e. The normalized spacial score (nSPS) is 11.0. The Balaban J connectivity index is 1.45. The van der Waals surface area contributed by atoms with Gasteiger partial charge in [-0.25, -0.2) is 0 Å². The highest BCUT2D eigenvalue weighted by Gasteiger charge is 2.18. The van der Waals surface area contributed by atoms with E-state index >= 15 is 0 Å². The first-order chi connectivity index (χ1) is 15.7. The molecule has 5 aromatic rings. The van der Waals surface area contributed by atoms with E-state index in [1.807, 2.05) is 89.5 Å². The fraction of sp³-hybridized carbons (Fsp3) is 0.0400. The van der Waals surface area contributed by atoms with E-state index in [1.165, 1.54) is 11.8 Å². The Labute approximate surface area is 194 Å². The number of benzene rings is 3. The highest BCUT2D eigenvalue weighted by molar-refractivity contribution is 7.99. The molecule has 3 aromatic carbocycles. The predicted molar refractivity (Wildman–Crippen MR) is 129 cm³/mol. The average molecular weight is 457 g/mol. The van der Waals surface area contributed by atoms with Crippen LogP contribution < -0.4 is 0 Å². The minimum absolute atomic E-state index is 0.0331. The van der Waals surface area contributed by atoms with Gasteiger partial charge in [-0.15, -0.1) is 10.2 Å². The maximum absolute atomic E-state index is 12.9. The third-order valence-electron chi connectivity index (χ3n) is 5.02. The first-order valence-electron chi connectivity index (χ1n) is 9.96. The number of halogens is 1. The van der Waals surface area contributed by atoms with E-state index in [0.717, 1.165) is 16.5 Å². The summed E-state index contributed by atoms with van der Waals surface area (Å²) in [5, 5.41) is 12.1. The van der Waals surface area contributed by atoms with Gasteiger partial charge in [0.2, 0.25) is 0 Å². The molecule has 0 N–H and O–H groups in total. The monoisotopic (exact) mass is 456 g/mol. The zero-order valence-electron chi connectivity index (χ0n) is 16.9. The van der Waals surface area contributed by atoms with Crippen LogP contribution in [0, 0.1) is 0 Å². The second-order valence-corrected chi connectivity index (χ2v) is 8.49. The van der Waals surface area contributed by atoms with Crippen molar-refractivity contribution in [3.8, 4) is 17.2 Å². The zero-order valence-corrected chi connectivity index (χ0v) is 18.4. The number of ketones is 1. The summed E-state index contributed by atoms with van der Waals surface area (Å²) in [6, 6.07) is 26.8. The van der Waals surface area contributed by atoms with Crippen molar-refractivity contribution >= 4 is 39.9 Å². The van der Waals surface area contributed by atoms with Crippen LogP contribution in [0.4, 0.5) is 0 Å². The number of hydrogen-bond acceptors (Lipinski definition) is 5. The summed E-state index contributed by atoms with van der Waals surface area (Å²) in [5.74, 6) is 0.881.